The third kappa shape index (κ3) is 3.52. The van der Waals surface area contributed by atoms with E-state index in [2.05, 4.69) is 20.3 Å². The van der Waals surface area contributed by atoms with Crippen molar-refractivity contribution >= 4 is 11.8 Å². The van der Waals surface area contributed by atoms with Crippen LogP contribution in [0.3, 0.4) is 0 Å². The van der Waals surface area contributed by atoms with Gasteiger partial charge in [-0.3, -0.25) is 0 Å². The lowest BCUT2D eigenvalue weighted by Crippen LogP contribution is -2.13. The Morgan fingerprint density at radius 1 is 1.23 bits per heavy atom. The van der Waals surface area contributed by atoms with Crippen molar-refractivity contribution < 1.29 is 9.26 Å². The molecule has 0 bridgehead atoms. The molecule has 2 heterocycles. The van der Waals surface area contributed by atoms with Crippen LogP contribution in [0, 0.1) is 0 Å². The number of para-hydroxylation sites is 1. The summed E-state index contributed by atoms with van der Waals surface area (Å²) in [6.07, 6.45) is 0. The van der Waals surface area contributed by atoms with Gasteiger partial charge in [0.15, 0.2) is 11.6 Å². The summed E-state index contributed by atoms with van der Waals surface area (Å²) in [5.41, 5.74) is 0.606. The molecule has 0 saturated heterocycles. The van der Waals surface area contributed by atoms with Gasteiger partial charge in [0.05, 0.1) is 17.9 Å². The van der Waals surface area contributed by atoms with Gasteiger partial charge in [-0.15, -0.1) is 10.2 Å². The van der Waals surface area contributed by atoms with E-state index in [1.54, 1.807) is 7.11 Å². The van der Waals surface area contributed by atoms with Crippen LogP contribution in [0.15, 0.2) is 33.9 Å². The minimum Gasteiger partial charge on any atom is -0.496 e. The third-order valence-corrected chi connectivity index (χ3v) is 4.80. The Morgan fingerprint density at radius 2 is 1.96 bits per heavy atom. The van der Waals surface area contributed by atoms with Crippen molar-refractivity contribution in [1.29, 1.82) is 0 Å². The fraction of sp³-hybridized carbons (Fsp3) is 0.412. The fourth-order valence-electron chi connectivity index (χ4n) is 2.28. The number of hydrogen-bond donors (Lipinski definition) is 1. The quantitative estimate of drug-likeness (QED) is 0.536. The first-order valence-corrected chi connectivity index (χ1v) is 9.04. The molecule has 0 aliphatic rings. The van der Waals surface area contributed by atoms with Crippen molar-refractivity contribution in [2.24, 2.45) is 0 Å². The van der Waals surface area contributed by atoms with Crippen molar-refractivity contribution in [1.82, 2.24) is 25.0 Å². The highest BCUT2D eigenvalue weighted by Gasteiger charge is 2.25. The number of nitrogens with zero attached hydrogens (tertiary/aromatic N) is 5. The van der Waals surface area contributed by atoms with Crippen molar-refractivity contribution in [3.05, 3.63) is 36.0 Å². The average molecular weight is 374 g/mol. The van der Waals surface area contributed by atoms with Gasteiger partial charge in [-0.2, -0.15) is 4.98 Å². The van der Waals surface area contributed by atoms with Gasteiger partial charge in [0.2, 0.25) is 11.0 Å². The molecule has 1 unspecified atom stereocenters. The number of aromatic nitrogens is 5. The summed E-state index contributed by atoms with van der Waals surface area (Å²) < 4.78 is 12.2. The van der Waals surface area contributed by atoms with Crippen LogP contribution in [-0.2, 0) is 5.41 Å². The van der Waals surface area contributed by atoms with Crippen LogP contribution >= 0.6 is 11.8 Å². The summed E-state index contributed by atoms with van der Waals surface area (Å²) in [7, 11) is 1.61. The maximum atomic E-state index is 6.21. The molecule has 0 radical (unpaired) electrons. The van der Waals surface area contributed by atoms with E-state index in [1.165, 1.54) is 16.4 Å². The SMILES string of the molecule is COc1ccccc1-c1nnc(SC(C)c2nc(C(C)(C)C)no2)n1N. The molecule has 3 rings (SSSR count). The highest BCUT2D eigenvalue weighted by Crippen LogP contribution is 2.35. The van der Waals surface area contributed by atoms with Crippen molar-refractivity contribution in [2.45, 2.75) is 43.5 Å². The van der Waals surface area contributed by atoms with Gasteiger partial charge >= 0.3 is 0 Å². The number of thioether (sulfide) groups is 1. The molecule has 0 spiro atoms. The highest BCUT2D eigenvalue weighted by atomic mass is 32.2. The molecule has 0 aliphatic carbocycles. The Kier molecular flexibility index (Phi) is 4.90. The highest BCUT2D eigenvalue weighted by molar-refractivity contribution is 7.99. The summed E-state index contributed by atoms with van der Waals surface area (Å²) in [5, 5.41) is 12.9. The number of nitrogens with two attached hydrogens (primary N) is 1. The van der Waals surface area contributed by atoms with Gasteiger partial charge in [-0.25, -0.2) is 4.68 Å². The van der Waals surface area contributed by atoms with Crippen LogP contribution in [0.4, 0.5) is 0 Å². The minimum absolute atomic E-state index is 0.115. The minimum atomic E-state index is -0.170. The lowest BCUT2D eigenvalue weighted by atomic mass is 9.96. The lowest BCUT2D eigenvalue weighted by Gasteiger charge is -2.11. The molecular formula is C17H22N6O2S. The number of ether oxygens (including phenoxy) is 1. The second kappa shape index (κ2) is 6.99. The van der Waals surface area contributed by atoms with Gasteiger partial charge in [0.25, 0.3) is 0 Å². The zero-order valence-corrected chi connectivity index (χ0v) is 16.2. The number of rotatable bonds is 5. The number of nitrogen functional groups attached to an aromatic ring is 1. The normalized spacial score (nSPS) is 13.0. The predicted octanol–water partition coefficient (Wildman–Crippen LogP) is 3.20. The first kappa shape index (κ1) is 18.2. The maximum absolute atomic E-state index is 6.21. The Hall–Kier alpha value is -2.55. The van der Waals surface area contributed by atoms with E-state index in [4.69, 9.17) is 15.1 Å². The zero-order chi connectivity index (χ0) is 18.9. The summed E-state index contributed by atoms with van der Waals surface area (Å²) >= 11 is 1.40. The molecular weight excluding hydrogens is 352 g/mol. The smallest absolute Gasteiger partial charge is 0.239 e. The first-order valence-electron chi connectivity index (χ1n) is 8.16. The molecule has 2 N–H and O–H groups in total. The summed E-state index contributed by atoms with van der Waals surface area (Å²) in [6.45, 7) is 8.07. The predicted molar refractivity (Wildman–Crippen MR) is 99.4 cm³/mol. The van der Waals surface area contributed by atoms with Crippen molar-refractivity contribution in [2.75, 3.05) is 13.0 Å². The maximum Gasteiger partial charge on any atom is 0.239 e. The Morgan fingerprint density at radius 3 is 2.62 bits per heavy atom. The van der Waals surface area contributed by atoms with E-state index in [0.29, 0.717) is 28.4 Å². The molecule has 8 nitrogen and oxygen atoms in total. The number of hydrogen-bond acceptors (Lipinski definition) is 8. The molecule has 26 heavy (non-hydrogen) atoms. The van der Waals surface area contributed by atoms with E-state index in [0.717, 1.165) is 5.56 Å². The second-order valence-corrected chi connectivity index (χ2v) is 8.15. The lowest BCUT2D eigenvalue weighted by molar-refractivity contribution is 0.364. The largest absolute Gasteiger partial charge is 0.496 e. The van der Waals surface area contributed by atoms with E-state index < -0.39 is 0 Å². The van der Waals surface area contributed by atoms with Crippen molar-refractivity contribution in [3.8, 4) is 17.1 Å². The van der Waals surface area contributed by atoms with E-state index >= 15 is 0 Å². The van der Waals surface area contributed by atoms with E-state index in [9.17, 15) is 0 Å². The zero-order valence-electron chi connectivity index (χ0n) is 15.4. The Balaban J connectivity index is 1.83. The molecule has 1 aromatic carbocycles. The van der Waals surface area contributed by atoms with Gasteiger partial charge in [-0.05, 0) is 19.1 Å². The third-order valence-electron chi connectivity index (χ3n) is 3.75. The van der Waals surface area contributed by atoms with E-state index in [1.807, 2.05) is 52.0 Å². The summed E-state index contributed by atoms with van der Waals surface area (Å²) in [5.74, 6) is 8.62. The second-order valence-electron chi connectivity index (χ2n) is 6.84. The Bertz CT molecular complexity index is 899. The Labute approximate surface area is 156 Å². The van der Waals surface area contributed by atoms with Crippen LogP contribution in [0.5, 0.6) is 5.75 Å². The van der Waals surface area contributed by atoms with Crippen LogP contribution in [0.1, 0.15) is 44.7 Å². The number of benzene rings is 1. The van der Waals surface area contributed by atoms with Gasteiger partial charge in [0.1, 0.15) is 5.75 Å². The summed E-state index contributed by atoms with van der Waals surface area (Å²) in [4.78, 5) is 4.48. The molecule has 0 fully saturated rings. The molecule has 1 atom stereocenters. The fourth-order valence-corrected chi connectivity index (χ4v) is 3.08. The van der Waals surface area contributed by atoms with Crippen LogP contribution in [0.2, 0.25) is 0 Å². The van der Waals surface area contributed by atoms with E-state index in [-0.39, 0.29) is 10.7 Å². The topological polar surface area (TPSA) is 105 Å². The molecule has 3 aromatic rings. The molecule has 2 aromatic heterocycles. The molecule has 0 aliphatic heterocycles. The summed E-state index contributed by atoms with van der Waals surface area (Å²) in [6, 6.07) is 7.53. The van der Waals surface area contributed by atoms with Crippen molar-refractivity contribution in [3.63, 3.8) is 0 Å². The first-order chi connectivity index (χ1) is 12.3. The standard InChI is InChI=1S/C17H22N6O2S/c1-10(14-19-15(22-25-14)17(2,3)4)26-16-21-20-13(23(16)18)11-8-6-7-9-12(11)24-5/h6-10H,18H2,1-5H3. The van der Waals surface area contributed by atoms with Gasteiger partial charge < -0.3 is 15.1 Å². The van der Waals surface area contributed by atoms with Gasteiger partial charge in [0, 0.05) is 5.41 Å². The van der Waals surface area contributed by atoms with Crippen LogP contribution in [-0.4, -0.2) is 32.1 Å². The monoisotopic (exact) mass is 374 g/mol. The molecule has 138 valence electrons. The number of methoxy groups -OCH3 is 1. The van der Waals surface area contributed by atoms with Crippen LogP contribution < -0.4 is 10.6 Å². The molecule has 0 saturated carbocycles. The van der Waals surface area contributed by atoms with Gasteiger partial charge in [-0.1, -0.05) is 49.8 Å². The van der Waals surface area contributed by atoms with Crippen LogP contribution in [0.25, 0.3) is 11.4 Å². The molecule has 0 amide bonds. The molecule has 9 heteroatoms. The average Bonchev–Trinajstić information content (AvgIpc) is 3.23.